The summed E-state index contributed by atoms with van der Waals surface area (Å²) in [6, 6.07) is 22.5. The van der Waals surface area contributed by atoms with Gasteiger partial charge in [-0.3, -0.25) is 14.4 Å². The predicted octanol–water partition coefficient (Wildman–Crippen LogP) is 5.38. The number of hydrogen-bond donors (Lipinski definition) is 2. The van der Waals surface area contributed by atoms with E-state index in [4.69, 9.17) is 0 Å². The van der Waals surface area contributed by atoms with Gasteiger partial charge >= 0.3 is 0 Å². The normalized spacial score (nSPS) is 12.6. The van der Waals surface area contributed by atoms with E-state index in [0.29, 0.717) is 33.6 Å². The molecule has 0 saturated carbocycles. The second-order valence-corrected chi connectivity index (χ2v) is 7.40. The molecular formula is C27H22N2O3. The van der Waals surface area contributed by atoms with Gasteiger partial charge in [0.25, 0.3) is 11.8 Å². The fourth-order valence-corrected chi connectivity index (χ4v) is 3.35. The summed E-state index contributed by atoms with van der Waals surface area (Å²) in [6.45, 7) is 0. The summed E-state index contributed by atoms with van der Waals surface area (Å²) in [5.41, 5.74) is 3.48. The molecule has 4 rings (SSSR count). The molecule has 0 spiro atoms. The number of anilines is 2. The fraction of sp³-hybridized carbons (Fsp3) is 0.0741. The maximum absolute atomic E-state index is 12.8. The highest BCUT2D eigenvalue weighted by Crippen LogP contribution is 2.18. The number of ketones is 1. The molecule has 0 aromatic heterocycles. The lowest BCUT2D eigenvalue weighted by atomic mass is 10.0. The van der Waals surface area contributed by atoms with Crippen molar-refractivity contribution in [1.29, 1.82) is 0 Å². The highest BCUT2D eigenvalue weighted by molar-refractivity contribution is 6.10. The van der Waals surface area contributed by atoms with Gasteiger partial charge in [-0.25, -0.2) is 0 Å². The number of carbonyl (C=O) groups is 3. The third-order valence-electron chi connectivity index (χ3n) is 5.10. The standard InChI is InChI=1S/C27H22N2O3/c30-25(19-11-15-23(16-12-19)28-26(31)21-7-3-1-4-8-21)20-13-17-24(18-14-20)29-27(32)22-9-5-2-6-10-22/h1,3-5,7-18H,2,6H2,(H,28,31)(H,29,32). The molecule has 5 heteroatoms. The van der Waals surface area contributed by atoms with Crippen molar-refractivity contribution in [1.82, 2.24) is 0 Å². The Bertz CT molecular complexity index is 1190. The highest BCUT2D eigenvalue weighted by atomic mass is 16.2. The number of hydrogen-bond acceptors (Lipinski definition) is 3. The van der Waals surface area contributed by atoms with Crippen LogP contribution < -0.4 is 10.6 Å². The molecule has 1 aliphatic rings. The maximum atomic E-state index is 12.8. The van der Waals surface area contributed by atoms with Crippen LogP contribution in [0.25, 0.3) is 0 Å². The van der Waals surface area contributed by atoms with Gasteiger partial charge in [0.1, 0.15) is 0 Å². The third kappa shape index (κ3) is 5.08. The maximum Gasteiger partial charge on any atom is 0.255 e. The predicted molar refractivity (Wildman–Crippen MR) is 126 cm³/mol. The average Bonchev–Trinajstić information content (AvgIpc) is 2.85. The molecule has 0 bridgehead atoms. The smallest absolute Gasteiger partial charge is 0.255 e. The van der Waals surface area contributed by atoms with Crippen LogP contribution in [0, 0.1) is 0 Å². The summed E-state index contributed by atoms with van der Waals surface area (Å²) in [5.74, 6) is -0.503. The van der Waals surface area contributed by atoms with E-state index < -0.39 is 0 Å². The van der Waals surface area contributed by atoms with Gasteiger partial charge in [0.2, 0.25) is 0 Å². The summed E-state index contributed by atoms with van der Waals surface area (Å²) in [4.78, 5) is 37.3. The minimum atomic E-state index is -0.207. The summed E-state index contributed by atoms with van der Waals surface area (Å²) in [7, 11) is 0. The van der Waals surface area contributed by atoms with Crippen molar-refractivity contribution in [3.63, 3.8) is 0 Å². The minimum absolute atomic E-state index is 0.137. The van der Waals surface area contributed by atoms with E-state index in [1.54, 1.807) is 72.8 Å². The van der Waals surface area contributed by atoms with Gasteiger partial charge in [-0.2, -0.15) is 0 Å². The molecule has 3 aromatic carbocycles. The van der Waals surface area contributed by atoms with Crippen LogP contribution in [0.2, 0.25) is 0 Å². The molecule has 0 heterocycles. The zero-order chi connectivity index (χ0) is 22.3. The minimum Gasteiger partial charge on any atom is -0.322 e. The topological polar surface area (TPSA) is 75.3 Å². The van der Waals surface area contributed by atoms with E-state index >= 15 is 0 Å². The third-order valence-corrected chi connectivity index (χ3v) is 5.10. The largest absolute Gasteiger partial charge is 0.322 e. The van der Waals surface area contributed by atoms with E-state index in [9.17, 15) is 14.4 Å². The van der Waals surface area contributed by atoms with Gasteiger partial charge in [0, 0.05) is 33.6 Å². The first-order valence-corrected chi connectivity index (χ1v) is 10.4. The van der Waals surface area contributed by atoms with Crippen molar-refractivity contribution >= 4 is 29.0 Å². The van der Waals surface area contributed by atoms with Crippen LogP contribution in [-0.4, -0.2) is 17.6 Å². The van der Waals surface area contributed by atoms with Crippen LogP contribution in [0.1, 0.15) is 39.1 Å². The number of nitrogens with one attached hydrogen (secondary N) is 2. The lowest BCUT2D eigenvalue weighted by molar-refractivity contribution is -0.112. The summed E-state index contributed by atoms with van der Waals surface area (Å²) >= 11 is 0. The molecule has 0 saturated heterocycles. The summed E-state index contributed by atoms with van der Waals surface area (Å²) in [5, 5.41) is 5.66. The van der Waals surface area contributed by atoms with Gasteiger partial charge < -0.3 is 10.6 Å². The van der Waals surface area contributed by atoms with E-state index in [0.717, 1.165) is 12.8 Å². The number of benzene rings is 3. The second-order valence-electron chi connectivity index (χ2n) is 7.40. The lowest BCUT2D eigenvalue weighted by Crippen LogP contribution is -2.14. The van der Waals surface area contributed by atoms with E-state index in [1.807, 2.05) is 24.3 Å². The van der Waals surface area contributed by atoms with Crippen molar-refractivity contribution in [2.45, 2.75) is 12.8 Å². The van der Waals surface area contributed by atoms with Crippen molar-refractivity contribution in [3.05, 3.63) is 119 Å². The molecule has 3 aromatic rings. The van der Waals surface area contributed by atoms with Crippen molar-refractivity contribution in [2.24, 2.45) is 0 Å². The molecule has 0 fully saturated rings. The number of carbonyl (C=O) groups excluding carboxylic acids is 3. The van der Waals surface area contributed by atoms with Crippen LogP contribution in [0.5, 0.6) is 0 Å². The van der Waals surface area contributed by atoms with Gasteiger partial charge in [-0.1, -0.05) is 36.4 Å². The molecule has 2 amide bonds. The molecule has 0 aliphatic heterocycles. The molecule has 5 nitrogen and oxygen atoms in total. The Morgan fingerprint density at radius 2 is 1.16 bits per heavy atom. The molecule has 158 valence electrons. The van der Waals surface area contributed by atoms with Gasteiger partial charge in [0.05, 0.1) is 0 Å². The molecule has 0 unspecified atom stereocenters. The fourth-order valence-electron chi connectivity index (χ4n) is 3.35. The molecule has 2 N–H and O–H groups in total. The van der Waals surface area contributed by atoms with E-state index in [-0.39, 0.29) is 17.6 Å². The molecule has 0 radical (unpaired) electrons. The number of allylic oxidation sites excluding steroid dienone is 2. The SMILES string of the molecule is O=C(Nc1ccc(C(=O)c2ccc(NC(=O)c3ccccc3)cc2)cc1)C1=CCCC=C1. The Kier molecular flexibility index (Phi) is 6.37. The first-order chi connectivity index (χ1) is 15.6. The quantitative estimate of drug-likeness (QED) is 0.524. The van der Waals surface area contributed by atoms with Crippen LogP contribution in [0.3, 0.4) is 0 Å². The molecular weight excluding hydrogens is 400 g/mol. The lowest BCUT2D eigenvalue weighted by Gasteiger charge is -2.09. The first kappa shape index (κ1) is 21.0. The molecule has 1 aliphatic carbocycles. The van der Waals surface area contributed by atoms with Gasteiger partial charge in [0.15, 0.2) is 5.78 Å². The van der Waals surface area contributed by atoms with Crippen LogP contribution in [0.15, 0.2) is 103 Å². The Balaban J connectivity index is 1.38. The van der Waals surface area contributed by atoms with Gasteiger partial charge in [-0.05, 0) is 73.5 Å². The zero-order valence-electron chi connectivity index (χ0n) is 17.4. The number of rotatable bonds is 6. The van der Waals surface area contributed by atoms with Crippen molar-refractivity contribution < 1.29 is 14.4 Å². The summed E-state index contributed by atoms with van der Waals surface area (Å²) in [6.07, 6.45) is 7.53. The molecule has 32 heavy (non-hydrogen) atoms. The number of amides is 2. The Hall–Kier alpha value is -4.25. The zero-order valence-corrected chi connectivity index (χ0v) is 17.4. The Morgan fingerprint density at radius 1 is 0.594 bits per heavy atom. The summed E-state index contributed by atoms with van der Waals surface area (Å²) < 4.78 is 0. The van der Waals surface area contributed by atoms with E-state index in [1.165, 1.54) is 0 Å². The van der Waals surface area contributed by atoms with Crippen molar-refractivity contribution in [3.8, 4) is 0 Å². The van der Waals surface area contributed by atoms with Crippen molar-refractivity contribution in [2.75, 3.05) is 10.6 Å². The first-order valence-electron chi connectivity index (χ1n) is 10.4. The molecule has 0 atom stereocenters. The highest BCUT2D eigenvalue weighted by Gasteiger charge is 2.12. The Labute approximate surface area is 186 Å². The van der Waals surface area contributed by atoms with Crippen LogP contribution in [0.4, 0.5) is 11.4 Å². The van der Waals surface area contributed by atoms with Crippen LogP contribution >= 0.6 is 0 Å². The average molecular weight is 422 g/mol. The monoisotopic (exact) mass is 422 g/mol. The van der Waals surface area contributed by atoms with Gasteiger partial charge in [-0.15, -0.1) is 0 Å². The van der Waals surface area contributed by atoms with E-state index in [2.05, 4.69) is 10.6 Å². The Morgan fingerprint density at radius 3 is 1.69 bits per heavy atom. The van der Waals surface area contributed by atoms with Crippen LogP contribution in [-0.2, 0) is 4.79 Å². The second kappa shape index (κ2) is 9.71.